The second-order valence-electron chi connectivity index (χ2n) is 3.99. The SMILES string of the molecule is CC(C)(N)C(=O)OC(=O)c1ccccc1N. The largest absolute Gasteiger partial charge is 0.398 e. The van der Waals surface area contributed by atoms with Gasteiger partial charge in [-0.1, -0.05) is 12.1 Å². The molecule has 0 fully saturated rings. The molecule has 0 amide bonds. The Kier molecular flexibility index (Phi) is 3.29. The number of nitrogen functional groups attached to an aromatic ring is 1. The van der Waals surface area contributed by atoms with Crippen molar-refractivity contribution in [2.75, 3.05) is 5.73 Å². The zero-order valence-electron chi connectivity index (χ0n) is 9.19. The quantitative estimate of drug-likeness (QED) is 0.436. The molecule has 0 saturated carbocycles. The summed E-state index contributed by atoms with van der Waals surface area (Å²) in [5.41, 5.74) is 10.3. The lowest BCUT2D eigenvalue weighted by Gasteiger charge is -2.15. The molecular formula is C11H14N2O3. The van der Waals surface area contributed by atoms with Crippen LogP contribution >= 0.6 is 0 Å². The van der Waals surface area contributed by atoms with Crippen LogP contribution < -0.4 is 11.5 Å². The van der Waals surface area contributed by atoms with Crippen molar-refractivity contribution < 1.29 is 14.3 Å². The summed E-state index contributed by atoms with van der Waals surface area (Å²) < 4.78 is 4.60. The zero-order chi connectivity index (χ0) is 12.3. The fraction of sp³-hybridized carbons (Fsp3) is 0.273. The van der Waals surface area contributed by atoms with E-state index < -0.39 is 17.5 Å². The van der Waals surface area contributed by atoms with E-state index in [4.69, 9.17) is 11.5 Å². The standard InChI is InChI=1S/C11H14N2O3/c1-11(2,13)10(15)16-9(14)7-5-3-4-6-8(7)12/h3-6H,12-13H2,1-2H3. The molecule has 0 aromatic heterocycles. The van der Waals surface area contributed by atoms with Crippen molar-refractivity contribution in [3.8, 4) is 0 Å². The lowest BCUT2D eigenvalue weighted by molar-refractivity contribution is -0.142. The third kappa shape index (κ3) is 2.80. The summed E-state index contributed by atoms with van der Waals surface area (Å²) in [5, 5.41) is 0. The zero-order valence-corrected chi connectivity index (χ0v) is 9.19. The Morgan fingerprint density at radius 2 is 1.81 bits per heavy atom. The number of anilines is 1. The van der Waals surface area contributed by atoms with Gasteiger partial charge in [-0.15, -0.1) is 0 Å². The molecule has 0 unspecified atom stereocenters. The highest BCUT2D eigenvalue weighted by molar-refractivity contribution is 6.02. The van der Waals surface area contributed by atoms with Gasteiger partial charge in [-0.3, -0.25) is 0 Å². The van der Waals surface area contributed by atoms with Gasteiger partial charge >= 0.3 is 11.9 Å². The number of ether oxygens (including phenoxy) is 1. The summed E-state index contributed by atoms with van der Waals surface area (Å²) in [6.07, 6.45) is 0. The van der Waals surface area contributed by atoms with E-state index in [0.29, 0.717) is 0 Å². The molecule has 5 heteroatoms. The summed E-state index contributed by atoms with van der Waals surface area (Å²) in [6.45, 7) is 2.91. The first-order chi connectivity index (χ1) is 7.32. The highest BCUT2D eigenvalue weighted by Gasteiger charge is 2.27. The van der Waals surface area contributed by atoms with Crippen molar-refractivity contribution in [2.24, 2.45) is 5.73 Å². The molecule has 0 atom stereocenters. The van der Waals surface area contributed by atoms with Crippen molar-refractivity contribution in [2.45, 2.75) is 19.4 Å². The van der Waals surface area contributed by atoms with Crippen LogP contribution in [0.15, 0.2) is 24.3 Å². The molecule has 1 aromatic carbocycles. The Hall–Kier alpha value is -1.88. The predicted molar refractivity (Wildman–Crippen MR) is 59.5 cm³/mol. The van der Waals surface area contributed by atoms with Gasteiger partial charge in [-0.2, -0.15) is 0 Å². The second kappa shape index (κ2) is 4.32. The Morgan fingerprint density at radius 3 is 2.31 bits per heavy atom. The lowest BCUT2D eigenvalue weighted by atomic mass is 10.1. The smallest absolute Gasteiger partial charge is 0.347 e. The van der Waals surface area contributed by atoms with Crippen LogP contribution in [-0.2, 0) is 9.53 Å². The summed E-state index contributed by atoms with van der Waals surface area (Å²) >= 11 is 0. The summed E-state index contributed by atoms with van der Waals surface area (Å²) in [6, 6.07) is 6.34. The van der Waals surface area contributed by atoms with Crippen LogP contribution in [0, 0.1) is 0 Å². The molecule has 0 spiro atoms. The van der Waals surface area contributed by atoms with Crippen LogP contribution in [0.2, 0.25) is 0 Å². The van der Waals surface area contributed by atoms with Gasteiger partial charge in [0.2, 0.25) is 0 Å². The minimum Gasteiger partial charge on any atom is -0.398 e. The van der Waals surface area contributed by atoms with Crippen LogP contribution in [0.3, 0.4) is 0 Å². The fourth-order valence-electron chi connectivity index (χ4n) is 0.954. The Morgan fingerprint density at radius 1 is 1.25 bits per heavy atom. The number of carbonyl (C=O) groups excluding carboxylic acids is 2. The molecular weight excluding hydrogens is 208 g/mol. The minimum absolute atomic E-state index is 0.153. The van der Waals surface area contributed by atoms with Gasteiger partial charge in [0.05, 0.1) is 5.56 Å². The van der Waals surface area contributed by atoms with Gasteiger partial charge in [0.25, 0.3) is 0 Å². The Balaban J connectivity index is 2.82. The summed E-state index contributed by atoms with van der Waals surface area (Å²) in [4.78, 5) is 22.9. The van der Waals surface area contributed by atoms with Crippen molar-refractivity contribution in [1.82, 2.24) is 0 Å². The van der Waals surface area contributed by atoms with Crippen LogP contribution in [0.25, 0.3) is 0 Å². The van der Waals surface area contributed by atoms with Crippen LogP contribution in [0.5, 0.6) is 0 Å². The van der Waals surface area contributed by atoms with Crippen LogP contribution in [0.1, 0.15) is 24.2 Å². The number of hydrogen-bond acceptors (Lipinski definition) is 5. The van der Waals surface area contributed by atoms with Gasteiger partial charge < -0.3 is 16.2 Å². The Bertz CT molecular complexity index is 421. The molecule has 4 N–H and O–H groups in total. The molecule has 0 aliphatic rings. The van der Waals surface area contributed by atoms with E-state index in [9.17, 15) is 9.59 Å². The first kappa shape index (κ1) is 12.2. The molecule has 0 heterocycles. The maximum atomic E-state index is 11.5. The van der Waals surface area contributed by atoms with E-state index in [0.717, 1.165) is 0 Å². The topological polar surface area (TPSA) is 95.4 Å². The van der Waals surface area contributed by atoms with Gasteiger partial charge in [-0.25, -0.2) is 9.59 Å². The number of esters is 2. The average Bonchev–Trinajstić information content (AvgIpc) is 2.16. The number of hydrogen-bond donors (Lipinski definition) is 2. The second-order valence-corrected chi connectivity index (χ2v) is 3.99. The molecule has 5 nitrogen and oxygen atoms in total. The molecule has 0 bridgehead atoms. The van der Waals surface area contributed by atoms with E-state index in [1.165, 1.54) is 19.9 Å². The van der Waals surface area contributed by atoms with Crippen LogP contribution in [-0.4, -0.2) is 17.5 Å². The van der Waals surface area contributed by atoms with Crippen LogP contribution in [0.4, 0.5) is 5.69 Å². The van der Waals surface area contributed by atoms with Gasteiger partial charge in [0.15, 0.2) is 0 Å². The number of para-hydroxylation sites is 1. The highest BCUT2D eigenvalue weighted by Crippen LogP contribution is 2.13. The first-order valence-electron chi connectivity index (χ1n) is 4.72. The van der Waals surface area contributed by atoms with E-state index in [1.54, 1.807) is 18.2 Å². The van der Waals surface area contributed by atoms with Gasteiger partial charge in [-0.05, 0) is 26.0 Å². The summed E-state index contributed by atoms with van der Waals surface area (Å²) in [5.74, 6) is -1.58. The molecule has 1 aromatic rings. The maximum absolute atomic E-state index is 11.5. The molecule has 1 rings (SSSR count). The van der Waals surface area contributed by atoms with Crippen molar-refractivity contribution in [1.29, 1.82) is 0 Å². The molecule has 0 aliphatic heterocycles. The van der Waals surface area contributed by atoms with Crippen molar-refractivity contribution >= 4 is 17.6 Å². The van der Waals surface area contributed by atoms with Gasteiger partial charge in [0.1, 0.15) is 5.54 Å². The van der Waals surface area contributed by atoms with E-state index >= 15 is 0 Å². The highest BCUT2D eigenvalue weighted by atomic mass is 16.6. The van der Waals surface area contributed by atoms with E-state index in [-0.39, 0.29) is 11.3 Å². The fourth-order valence-corrected chi connectivity index (χ4v) is 0.954. The number of benzene rings is 1. The minimum atomic E-state index is -1.21. The van der Waals surface area contributed by atoms with Gasteiger partial charge in [0, 0.05) is 5.69 Å². The molecule has 86 valence electrons. The summed E-state index contributed by atoms with van der Waals surface area (Å²) in [7, 11) is 0. The Labute approximate surface area is 93.4 Å². The third-order valence-corrected chi connectivity index (χ3v) is 1.89. The average molecular weight is 222 g/mol. The molecule has 0 radical (unpaired) electrons. The number of carbonyl (C=O) groups is 2. The number of nitrogens with two attached hydrogens (primary N) is 2. The predicted octanol–water partition coefficient (Wildman–Crippen LogP) is 0.690. The van der Waals surface area contributed by atoms with E-state index in [1.807, 2.05) is 0 Å². The molecule has 16 heavy (non-hydrogen) atoms. The van der Waals surface area contributed by atoms with E-state index in [2.05, 4.69) is 4.74 Å². The van der Waals surface area contributed by atoms with Crippen molar-refractivity contribution in [3.63, 3.8) is 0 Å². The normalized spacial score (nSPS) is 10.9. The third-order valence-electron chi connectivity index (χ3n) is 1.89. The molecule has 0 aliphatic carbocycles. The first-order valence-corrected chi connectivity index (χ1v) is 4.72. The lowest BCUT2D eigenvalue weighted by Crippen LogP contribution is -2.43. The maximum Gasteiger partial charge on any atom is 0.347 e. The number of rotatable bonds is 2. The van der Waals surface area contributed by atoms with Crippen molar-refractivity contribution in [3.05, 3.63) is 29.8 Å². The monoisotopic (exact) mass is 222 g/mol. The molecule has 0 saturated heterocycles.